The van der Waals surface area contributed by atoms with E-state index in [-0.39, 0.29) is 16.7 Å². The van der Waals surface area contributed by atoms with Crippen LogP contribution in [-0.2, 0) is 4.74 Å². The fraction of sp³-hybridized carbons (Fsp3) is 0.500. The highest BCUT2D eigenvalue weighted by Gasteiger charge is 2.44. The summed E-state index contributed by atoms with van der Waals surface area (Å²) in [5.41, 5.74) is -0.0175. The van der Waals surface area contributed by atoms with Crippen LogP contribution < -0.4 is 9.96 Å². The van der Waals surface area contributed by atoms with Crippen molar-refractivity contribution in [2.45, 2.75) is 30.7 Å². The van der Waals surface area contributed by atoms with E-state index in [0.29, 0.717) is 0 Å². The first kappa shape index (κ1) is 15.9. The van der Waals surface area contributed by atoms with Crippen molar-refractivity contribution in [3.05, 3.63) is 29.5 Å². The van der Waals surface area contributed by atoms with Crippen LogP contribution in [0, 0.1) is 5.21 Å². The number of rotatable bonds is 4. The molecule has 0 radical (unpaired) electrons. The van der Waals surface area contributed by atoms with Crippen molar-refractivity contribution in [2.75, 3.05) is 11.8 Å². The Kier molecular flexibility index (Phi) is 4.96. The molecule has 1 aliphatic rings. The molecule has 5 unspecified atom stereocenters. The van der Waals surface area contributed by atoms with Gasteiger partial charge < -0.3 is 40.3 Å². The van der Waals surface area contributed by atoms with Gasteiger partial charge in [-0.2, -0.15) is 0 Å². The molecule has 0 aromatic heterocycles. The molecule has 0 spiro atoms. The Morgan fingerprint density at radius 1 is 1.10 bits per heavy atom. The minimum absolute atomic E-state index is 0.0175. The van der Waals surface area contributed by atoms with Crippen molar-refractivity contribution in [2.24, 2.45) is 0 Å². The second-order valence-electron chi connectivity index (χ2n) is 4.58. The summed E-state index contributed by atoms with van der Waals surface area (Å²) in [4.78, 5) is 0. The van der Waals surface area contributed by atoms with Gasteiger partial charge >= 0.3 is 0 Å². The van der Waals surface area contributed by atoms with Crippen LogP contribution in [0.4, 0.5) is 5.69 Å². The lowest BCUT2D eigenvalue weighted by atomic mass is 9.99. The zero-order chi connectivity index (χ0) is 15.6. The molecule has 9 heteroatoms. The van der Waals surface area contributed by atoms with E-state index in [1.165, 1.54) is 24.3 Å². The zero-order valence-corrected chi connectivity index (χ0v) is 10.8. The Morgan fingerprint density at radius 2 is 1.71 bits per heavy atom. The summed E-state index contributed by atoms with van der Waals surface area (Å²) in [6.07, 6.45) is -6.88. The number of aliphatic hydroxyl groups is 4. The molecule has 5 atom stereocenters. The molecule has 1 aliphatic heterocycles. The Morgan fingerprint density at radius 3 is 2.24 bits per heavy atom. The van der Waals surface area contributed by atoms with Crippen molar-refractivity contribution < 1.29 is 35.1 Å². The Labute approximate surface area is 119 Å². The molecule has 1 aromatic rings. The smallest absolute Gasteiger partial charge is 0.229 e. The Bertz CT molecular complexity index is 451. The molecule has 0 aliphatic carbocycles. The standard InChI is InChI=1S/C12H16NO8/c14-5-8-9(15)10(16)11(17)12(21-8)20-7-3-1-6(2-4-7)13(18)19/h1-4,8-12,14-18H,5H2/q-1. The molecule has 2 rings (SSSR count). The maximum atomic E-state index is 10.6. The third kappa shape index (κ3) is 3.41. The second-order valence-corrected chi connectivity index (χ2v) is 4.58. The summed E-state index contributed by atoms with van der Waals surface area (Å²) in [5.74, 6) is 0.199. The van der Waals surface area contributed by atoms with Crippen molar-refractivity contribution in [3.8, 4) is 5.75 Å². The van der Waals surface area contributed by atoms with Crippen LogP contribution in [0.15, 0.2) is 24.3 Å². The van der Waals surface area contributed by atoms with E-state index in [2.05, 4.69) is 0 Å². The molecule has 0 bridgehead atoms. The van der Waals surface area contributed by atoms with Crippen molar-refractivity contribution >= 4 is 5.69 Å². The SMILES string of the molecule is [O-]N(O)c1ccc(OC2OC(CO)C(O)C(O)C2O)cc1. The molecule has 1 fully saturated rings. The first-order valence-corrected chi connectivity index (χ1v) is 6.17. The Balaban J connectivity index is 2.07. The maximum Gasteiger partial charge on any atom is 0.229 e. The molecule has 118 valence electrons. The van der Waals surface area contributed by atoms with Gasteiger partial charge in [-0.05, 0) is 24.3 Å². The van der Waals surface area contributed by atoms with Gasteiger partial charge in [-0.1, -0.05) is 0 Å². The van der Waals surface area contributed by atoms with Crippen LogP contribution in [0.1, 0.15) is 0 Å². The summed E-state index contributed by atoms with van der Waals surface area (Å²) in [6, 6.07) is 5.23. The molecule has 1 heterocycles. The van der Waals surface area contributed by atoms with Gasteiger partial charge in [-0.3, -0.25) is 5.21 Å². The molecule has 5 N–H and O–H groups in total. The lowest BCUT2D eigenvalue weighted by molar-refractivity contribution is -0.277. The van der Waals surface area contributed by atoms with Crippen LogP contribution in [0.2, 0.25) is 0 Å². The van der Waals surface area contributed by atoms with Crippen LogP contribution in [0.5, 0.6) is 5.75 Å². The molecular formula is C12H16NO8-. The minimum Gasteiger partial charge on any atom is -0.733 e. The fourth-order valence-electron chi connectivity index (χ4n) is 1.95. The number of aliphatic hydroxyl groups excluding tert-OH is 4. The van der Waals surface area contributed by atoms with E-state index in [1.54, 1.807) is 0 Å². The van der Waals surface area contributed by atoms with E-state index in [9.17, 15) is 20.5 Å². The largest absolute Gasteiger partial charge is 0.733 e. The monoisotopic (exact) mass is 302 g/mol. The average Bonchev–Trinajstić information content (AvgIpc) is 2.48. The molecule has 0 saturated carbocycles. The molecule has 1 aromatic carbocycles. The first-order valence-electron chi connectivity index (χ1n) is 6.17. The van der Waals surface area contributed by atoms with Gasteiger partial charge in [-0.15, -0.1) is 0 Å². The maximum absolute atomic E-state index is 10.6. The highest BCUT2D eigenvalue weighted by atomic mass is 16.8. The van der Waals surface area contributed by atoms with Gasteiger partial charge in [0.05, 0.1) is 12.3 Å². The summed E-state index contributed by atoms with van der Waals surface area (Å²) < 4.78 is 10.5. The second kappa shape index (κ2) is 6.54. The van der Waals surface area contributed by atoms with Gasteiger partial charge in [0.25, 0.3) is 0 Å². The summed E-state index contributed by atoms with van der Waals surface area (Å²) >= 11 is 0. The number of hydrogen-bond acceptors (Lipinski definition) is 9. The summed E-state index contributed by atoms with van der Waals surface area (Å²) in [7, 11) is 0. The number of nitrogens with zero attached hydrogens (tertiary/aromatic N) is 1. The van der Waals surface area contributed by atoms with Gasteiger partial charge in [0.1, 0.15) is 30.2 Å². The number of ether oxygens (including phenoxy) is 2. The van der Waals surface area contributed by atoms with Crippen LogP contribution in [0.3, 0.4) is 0 Å². The lowest BCUT2D eigenvalue weighted by Crippen LogP contribution is -2.60. The topological polar surface area (TPSA) is 146 Å². The van der Waals surface area contributed by atoms with E-state index in [4.69, 9.17) is 19.8 Å². The average molecular weight is 302 g/mol. The summed E-state index contributed by atoms with van der Waals surface area (Å²) in [6.45, 7) is -0.556. The predicted molar refractivity (Wildman–Crippen MR) is 68.5 cm³/mol. The highest BCUT2D eigenvalue weighted by molar-refractivity contribution is 5.47. The van der Waals surface area contributed by atoms with E-state index < -0.39 is 37.3 Å². The molecule has 1 saturated heterocycles. The van der Waals surface area contributed by atoms with Gasteiger partial charge in [0.15, 0.2) is 0 Å². The third-order valence-corrected chi connectivity index (χ3v) is 3.16. The molecule has 9 nitrogen and oxygen atoms in total. The van der Waals surface area contributed by atoms with Crippen molar-refractivity contribution in [1.29, 1.82) is 0 Å². The number of benzene rings is 1. The van der Waals surface area contributed by atoms with Crippen LogP contribution in [-0.4, -0.2) is 62.9 Å². The normalized spacial score (nSPS) is 32.8. The first-order chi connectivity index (χ1) is 9.93. The van der Waals surface area contributed by atoms with E-state index in [0.717, 1.165) is 0 Å². The Hall–Kier alpha value is -1.46. The minimum atomic E-state index is -1.53. The number of anilines is 1. The van der Waals surface area contributed by atoms with Gasteiger partial charge in [0.2, 0.25) is 6.29 Å². The van der Waals surface area contributed by atoms with Crippen LogP contribution >= 0.6 is 0 Å². The quantitative estimate of drug-likeness (QED) is 0.422. The van der Waals surface area contributed by atoms with Gasteiger partial charge in [-0.25, -0.2) is 0 Å². The summed E-state index contributed by atoms with van der Waals surface area (Å²) in [5, 5.41) is 57.1. The van der Waals surface area contributed by atoms with E-state index >= 15 is 0 Å². The zero-order valence-electron chi connectivity index (χ0n) is 10.8. The van der Waals surface area contributed by atoms with E-state index in [1.807, 2.05) is 0 Å². The third-order valence-electron chi connectivity index (χ3n) is 3.16. The lowest BCUT2D eigenvalue weighted by Gasteiger charge is -2.39. The van der Waals surface area contributed by atoms with Crippen molar-refractivity contribution in [1.82, 2.24) is 0 Å². The molecule has 21 heavy (non-hydrogen) atoms. The van der Waals surface area contributed by atoms with Crippen LogP contribution in [0.25, 0.3) is 0 Å². The van der Waals surface area contributed by atoms with Crippen molar-refractivity contribution in [3.63, 3.8) is 0 Å². The molecular weight excluding hydrogens is 286 g/mol. The van der Waals surface area contributed by atoms with Gasteiger partial charge in [0, 0.05) is 0 Å². The highest BCUT2D eigenvalue weighted by Crippen LogP contribution is 2.25. The fourth-order valence-corrected chi connectivity index (χ4v) is 1.95. The molecule has 0 amide bonds. The predicted octanol–water partition coefficient (Wildman–Crippen LogP) is -1.44. The number of hydrogen-bond donors (Lipinski definition) is 5.